The van der Waals surface area contributed by atoms with E-state index in [9.17, 15) is 4.79 Å². The molecule has 0 amide bonds. The van der Waals surface area contributed by atoms with Gasteiger partial charge in [0, 0.05) is 6.07 Å². The Kier molecular flexibility index (Phi) is 3.56. The Morgan fingerprint density at radius 3 is 2.70 bits per heavy atom. The van der Waals surface area contributed by atoms with Crippen molar-refractivity contribution in [3.63, 3.8) is 0 Å². The van der Waals surface area contributed by atoms with Gasteiger partial charge in [-0.2, -0.15) is 0 Å². The molecule has 3 rings (SSSR count). The predicted molar refractivity (Wildman–Crippen MR) is 81.0 cm³/mol. The first-order valence-electron chi connectivity index (χ1n) is 6.12. The SMILES string of the molecule is O=c1c(Br)coc2cc(OCc3ccccc3)ccc12. The van der Waals surface area contributed by atoms with Gasteiger partial charge in [0.2, 0.25) is 5.43 Å². The zero-order valence-electron chi connectivity index (χ0n) is 10.5. The Morgan fingerprint density at radius 1 is 1.10 bits per heavy atom. The van der Waals surface area contributed by atoms with Crippen LogP contribution >= 0.6 is 15.9 Å². The first-order chi connectivity index (χ1) is 9.74. The van der Waals surface area contributed by atoms with Gasteiger partial charge in [-0.1, -0.05) is 30.3 Å². The largest absolute Gasteiger partial charge is 0.489 e. The summed E-state index contributed by atoms with van der Waals surface area (Å²) in [5, 5.41) is 0.534. The van der Waals surface area contributed by atoms with E-state index in [4.69, 9.17) is 9.15 Å². The molecule has 3 aromatic rings. The van der Waals surface area contributed by atoms with Gasteiger partial charge in [-0.25, -0.2) is 0 Å². The van der Waals surface area contributed by atoms with Crippen molar-refractivity contribution in [2.75, 3.05) is 0 Å². The van der Waals surface area contributed by atoms with Crippen LogP contribution in [-0.2, 0) is 6.61 Å². The van der Waals surface area contributed by atoms with Crippen LogP contribution in [-0.4, -0.2) is 0 Å². The minimum Gasteiger partial charge on any atom is -0.489 e. The number of halogens is 1. The number of benzene rings is 2. The van der Waals surface area contributed by atoms with Crippen molar-refractivity contribution in [1.29, 1.82) is 0 Å². The van der Waals surface area contributed by atoms with Gasteiger partial charge in [0.05, 0.1) is 5.39 Å². The summed E-state index contributed by atoms with van der Waals surface area (Å²) in [6.45, 7) is 0.479. The highest BCUT2D eigenvalue weighted by Gasteiger charge is 2.06. The van der Waals surface area contributed by atoms with Gasteiger partial charge in [-0.15, -0.1) is 0 Å². The molecule has 4 heteroatoms. The molecule has 0 aliphatic heterocycles. The summed E-state index contributed by atoms with van der Waals surface area (Å²) in [6, 6.07) is 15.1. The lowest BCUT2D eigenvalue weighted by molar-refractivity contribution is 0.306. The Hall–Kier alpha value is -2.07. The molecule has 20 heavy (non-hydrogen) atoms. The lowest BCUT2D eigenvalue weighted by atomic mass is 10.2. The average Bonchev–Trinajstić information content (AvgIpc) is 2.50. The van der Waals surface area contributed by atoms with Gasteiger partial charge < -0.3 is 9.15 Å². The molecule has 0 N–H and O–H groups in total. The van der Waals surface area contributed by atoms with Crippen molar-refractivity contribution in [2.45, 2.75) is 6.61 Å². The van der Waals surface area contributed by atoms with Gasteiger partial charge >= 0.3 is 0 Å². The second-order valence-corrected chi connectivity index (χ2v) is 5.20. The highest BCUT2D eigenvalue weighted by Crippen LogP contribution is 2.21. The second-order valence-electron chi connectivity index (χ2n) is 4.35. The fourth-order valence-electron chi connectivity index (χ4n) is 1.92. The van der Waals surface area contributed by atoms with Crippen molar-refractivity contribution in [3.05, 3.63) is 75.1 Å². The molecule has 0 saturated carbocycles. The zero-order valence-corrected chi connectivity index (χ0v) is 12.1. The fourth-order valence-corrected chi connectivity index (χ4v) is 2.22. The van der Waals surface area contributed by atoms with Crippen LogP contribution in [0.2, 0.25) is 0 Å². The highest BCUT2D eigenvalue weighted by molar-refractivity contribution is 9.10. The molecule has 100 valence electrons. The van der Waals surface area contributed by atoms with Crippen LogP contribution in [0.5, 0.6) is 5.75 Å². The lowest BCUT2D eigenvalue weighted by Gasteiger charge is -2.06. The minimum atomic E-state index is -0.0825. The molecule has 3 nitrogen and oxygen atoms in total. The number of ether oxygens (including phenoxy) is 1. The third kappa shape index (κ3) is 2.60. The maximum Gasteiger partial charge on any atom is 0.206 e. The summed E-state index contributed by atoms with van der Waals surface area (Å²) in [6.07, 6.45) is 1.39. The average molecular weight is 331 g/mol. The third-order valence-corrected chi connectivity index (χ3v) is 3.50. The molecule has 0 aliphatic carbocycles. The molecule has 0 unspecified atom stereocenters. The molecule has 0 bridgehead atoms. The highest BCUT2D eigenvalue weighted by atomic mass is 79.9. The van der Waals surface area contributed by atoms with Crippen molar-refractivity contribution >= 4 is 26.9 Å². The number of fused-ring (bicyclic) bond motifs is 1. The smallest absolute Gasteiger partial charge is 0.206 e. The van der Waals surface area contributed by atoms with E-state index in [1.54, 1.807) is 18.2 Å². The quantitative estimate of drug-likeness (QED) is 0.724. The van der Waals surface area contributed by atoms with Crippen LogP contribution < -0.4 is 10.2 Å². The standard InChI is InChI=1S/C16H11BrO3/c17-14-10-20-15-8-12(6-7-13(15)16(14)18)19-9-11-4-2-1-3-5-11/h1-8,10H,9H2. The van der Waals surface area contributed by atoms with Crippen molar-refractivity contribution in [1.82, 2.24) is 0 Å². The zero-order chi connectivity index (χ0) is 13.9. The first-order valence-corrected chi connectivity index (χ1v) is 6.91. The summed E-state index contributed by atoms with van der Waals surface area (Å²) in [5.41, 5.74) is 1.52. The van der Waals surface area contributed by atoms with E-state index in [0.29, 0.717) is 27.8 Å². The van der Waals surface area contributed by atoms with E-state index in [-0.39, 0.29) is 5.43 Å². The molecular formula is C16H11BrO3. The fraction of sp³-hybridized carbons (Fsp3) is 0.0625. The summed E-state index contributed by atoms with van der Waals surface area (Å²) in [4.78, 5) is 11.9. The van der Waals surface area contributed by atoms with Crippen molar-refractivity contribution in [2.24, 2.45) is 0 Å². The van der Waals surface area contributed by atoms with Gasteiger partial charge in [-0.05, 0) is 33.6 Å². The number of hydrogen-bond acceptors (Lipinski definition) is 3. The Balaban J connectivity index is 1.87. The van der Waals surface area contributed by atoms with Crippen LogP contribution in [0.25, 0.3) is 11.0 Å². The van der Waals surface area contributed by atoms with Crippen molar-refractivity contribution < 1.29 is 9.15 Å². The third-order valence-electron chi connectivity index (χ3n) is 2.95. The molecule has 1 aromatic heterocycles. The summed E-state index contributed by atoms with van der Waals surface area (Å²) < 4.78 is 11.5. The van der Waals surface area contributed by atoms with Gasteiger partial charge in [0.15, 0.2) is 0 Å². The van der Waals surface area contributed by atoms with Crippen LogP contribution in [0, 0.1) is 0 Å². The van der Waals surface area contributed by atoms with Gasteiger partial charge in [0.1, 0.15) is 28.7 Å². The molecule has 2 aromatic carbocycles. The topological polar surface area (TPSA) is 39.4 Å². The Labute approximate surface area is 123 Å². The molecule has 0 radical (unpaired) electrons. The van der Waals surface area contributed by atoms with Gasteiger partial charge in [0.25, 0.3) is 0 Å². The van der Waals surface area contributed by atoms with E-state index < -0.39 is 0 Å². The van der Waals surface area contributed by atoms with Crippen LogP contribution in [0.15, 0.2) is 68.5 Å². The van der Waals surface area contributed by atoms with E-state index in [2.05, 4.69) is 15.9 Å². The molecule has 0 atom stereocenters. The van der Waals surface area contributed by atoms with E-state index >= 15 is 0 Å². The maximum atomic E-state index is 11.9. The normalized spacial score (nSPS) is 10.7. The molecular weight excluding hydrogens is 320 g/mol. The monoisotopic (exact) mass is 330 g/mol. The molecule has 0 fully saturated rings. The Morgan fingerprint density at radius 2 is 1.90 bits per heavy atom. The van der Waals surface area contributed by atoms with Gasteiger partial charge in [-0.3, -0.25) is 4.79 Å². The van der Waals surface area contributed by atoms with E-state index in [1.165, 1.54) is 6.26 Å². The van der Waals surface area contributed by atoms with E-state index in [0.717, 1.165) is 5.56 Å². The second kappa shape index (κ2) is 5.51. The van der Waals surface area contributed by atoms with Crippen LogP contribution in [0.1, 0.15) is 5.56 Å². The first kappa shape index (κ1) is 12.9. The predicted octanol–water partition coefficient (Wildman–Crippen LogP) is 4.13. The summed E-state index contributed by atoms with van der Waals surface area (Å²) in [7, 11) is 0. The summed E-state index contributed by atoms with van der Waals surface area (Å²) in [5.74, 6) is 0.673. The van der Waals surface area contributed by atoms with E-state index in [1.807, 2.05) is 30.3 Å². The molecule has 0 spiro atoms. The molecule has 0 aliphatic rings. The Bertz CT molecular complexity index is 794. The molecule has 1 heterocycles. The minimum absolute atomic E-state index is 0.0825. The maximum absolute atomic E-state index is 11.9. The number of rotatable bonds is 3. The van der Waals surface area contributed by atoms with Crippen LogP contribution in [0.3, 0.4) is 0 Å². The number of hydrogen-bond donors (Lipinski definition) is 0. The van der Waals surface area contributed by atoms with Crippen LogP contribution in [0.4, 0.5) is 0 Å². The lowest BCUT2D eigenvalue weighted by Crippen LogP contribution is -2.02. The molecule has 0 saturated heterocycles. The summed E-state index contributed by atoms with van der Waals surface area (Å²) >= 11 is 3.16. The van der Waals surface area contributed by atoms with Crippen molar-refractivity contribution in [3.8, 4) is 5.75 Å².